The smallest absolute Gasteiger partial charge is 0.213 e. The van der Waals surface area contributed by atoms with E-state index < -0.39 is 0 Å². The number of hydrogen-bond donors (Lipinski definition) is 2. The Morgan fingerprint density at radius 3 is 2.79 bits per heavy atom. The number of aryl methyl sites for hydroxylation is 2. The summed E-state index contributed by atoms with van der Waals surface area (Å²) in [7, 11) is 0. The number of nitrogen functional groups attached to an aromatic ring is 1. The Balaban J connectivity index is 2.09. The molecule has 3 N–H and O–H groups in total. The molecule has 0 aliphatic rings. The zero-order chi connectivity index (χ0) is 13.8. The number of anilines is 2. The average molecular weight is 261 g/mol. The van der Waals surface area contributed by atoms with Crippen molar-refractivity contribution >= 4 is 11.4 Å². The van der Waals surface area contributed by atoms with E-state index in [2.05, 4.69) is 10.3 Å². The predicted molar refractivity (Wildman–Crippen MR) is 75.3 cm³/mol. The van der Waals surface area contributed by atoms with Crippen LogP contribution in [0.4, 0.5) is 11.4 Å². The molecule has 2 aromatic rings. The van der Waals surface area contributed by atoms with Crippen LogP contribution in [0.2, 0.25) is 0 Å². The molecule has 0 radical (unpaired) electrons. The van der Waals surface area contributed by atoms with Crippen molar-refractivity contribution in [2.45, 2.75) is 27.3 Å². The highest BCUT2D eigenvalue weighted by atomic mass is 16.5. The number of nitrogens with zero attached hydrogens (tertiary/aromatic N) is 1. The second kappa shape index (κ2) is 5.65. The molecule has 5 nitrogen and oxygen atoms in total. The Hall–Kier alpha value is -2.17. The van der Waals surface area contributed by atoms with Crippen LogP contribution in [0.3, 0.4) is 0 Å². The Morgan fingerprint density at radius 2 is 2.16 bits per heavy atom. The van der Waals surface area contributed by atoms with Crippen LogP contribution >= 0.6 is 0 Å². The summed E-state index contributed by atoms with van der Waals surface area (Å²) in [5.74, 6) is 2.18. The molecule has 0 bridgehead atoms. The summed E-state index contributed by atoms with van der Waals surface area (Å²) in [5, 5.41) is 3.21. The van der Waals surface area contributed by atoms with E-state index in [0.29, 0.717) is 30.5 Å². The van der Waals surface area contributed by atoms with Crippen LogP contribution in [0.1, 0.15) is 24.3 Å². The maximum Gasteiger partial charge on any atom is 0.213 e. The first kappa shape index (κ1) is 13.3. The molecule has 0 atom stereocenters. The summed E-state index contributed by atoms with van der Waals surface area (Å²) in [6.45, 7) is 6.83. The van der Waals surface area contributed by atoms with E-state index in [0.717, 1.165) is 17.1 Å². The molecule has 5 heteroatoms. The van der Waals surface area contributed by atoms with Crippen LogP contribution in [0.5, 0.6) is 5.75 Å². The number of rotatable bonds is 5. The Kier molecular flexibility index (Phi) is 3.94. The summed E-state index contributed by atoms with van der Waals surface area (Å²) in [6.07, 6.45) is 0. The number of ether oxygens (including phenoxy) is 1. The first-order chi connectivity index (χ1) is 9.11. The van der Waals surface area contributed by atoms with E-state index in [9.17, 15) is 0 Å². The van der Waals surface area contributed by atoms with Gasteiger partial charge >= 0.3 is 0 Å². The molecule has 0 fully saturated rings. The molecule has 0 aliphatic heterocycles. The minimum Gasteiger partial charge on any atom is -0.492 e. The summed E-state index contributed by atoms with van der Waals surface area (Å²) < 4.78 is 11.0. The van der Waals surface area contributed by atoms with Crippen LogP contribution < -0.4 is 15.8 Å². The Labute approximate surface area is 112 Å². The van der Waals surface area contributed by atoms with Crippen LogP contribution in [-0.4, -0.2) is 11.6 Å². The lowest BCUT2D eigenvalue weighted by molar-refractivity contribution is 0.342. The van der Waals surface area contributed by atoms with Gasteiger partial charge in [-0.25, -0.2) is 4.98 Å². The fourth-order valence-corrected chi connectivity index (χ4v) is 1.77. The lowest BCUT2D eigenvalue weighted by Gasteiger charge is -2.12. The molecule has 0 aliphatic carbocycles. The van der Waals surface area contributed by atoms with Gasteiger partial charge in [0.25, 0.3) is 0 Å². The van der Waals surface area contributed by atoms with Crippen LogP contribution in [0.15, 0.2) is 22.6 Å². The highest BCUT2D eigenvalue weighted by molar-refractivity contribution is 5.72. The first-order valence-electron chi connectivity index (χ1n) is 6.30. The van der Waals surface area contributed by atoms with Gasteiger partial charge in [-0.1, -0.05) is 6.07 Å². The largest absolute Gasteiger partial charge is 0.492 e. The van der Waals surface area contributed by atoms with Crippen molar-refractivity contribution in [3.05, 3.63) is 35.5 Å². The predicted octanol–water partition coefficient (Wildman–Crippen LogP) is 2.88. The summed E-state index contributed by atoms with van der Waals surface area (Å²) >= 11 is 0. The molecule has 0 saturated heterocycles. The van der Waals surface area contributed by atoms with Crippen LogP contribution in [-0.2, 0) is 6.54 Å². The maximum atomic E-state index is 6.03. The number of para-hydroxylation sites is 1. The number of oxazole rings is 1. The Bertz CT molecular complexity index is 544. The van der Waals surface area contributed by atoms with Gasteiger partial charge in [-0.3, -0.25) is 0 Å². The molecule has 102 valence electrons. The number of nitrogens with one attached hydrogen (secondary N) is 1. The third-order valence-electron chi connectivity index (χ3n) is 2.87. The summed E-state index contributed by atoms with van der Waals surface area (Å²) in [6, 6.07) is 5.65. The zero-order valence-corrected chi connectivity index (χ0v) is 11.5. The number of aromatic nitrogens is 1. The lowest BCUT2D eigenvalue weighted by atomic mass is 10.2. The molecule has 1 heterocycles. The maximum absolute atomic E-state index is 6.03. The average Bonchev–Trinajstić information content (AvgIpc) is 2.70. The normalized spacial score (nSPS) is 10.5. The van der Waals surface area contributed by atoms with E-state index in [1.165, 1.54) is 0 Å². The fourth-order valence-electron chi connectivity index (χ4n) is 1.77. The zero-order valence-electron chi connectivity index (χ0n) is 11.5. The molecular weight excluding hydrogens is 242 g/mol. The van der Waals surface area contributed by atoms with E-state index in [1.807, 2.05) is 39.0 Å². The lowest BCUT2D eigenvalue weighted by Crippen LogP contribution is -2.04. The van der Waals surface area contributed by atoms with Gasteiger partial charge in [0.05, 0.1) is 30.2 Å². The number of hydrogen-bond acceptors (Lipinski definition) is 5. The second-order valence-electron chi connectivity index (χ2n) is 4.25. The number of nitrogens with two attached hydrogens (primary N) is 1. The molecule has 0 spiro atoms. The fraction of sp³-hybridized carbons (Fsp3) is 0.357. The Morgan fingerprint density at radius 1 is 1.37 bits per heavy atom. The molecule has 0 amide bonds. The van der Waals surface area contributed by atoms with E-state index in [1.54, 1.807) is 0 Å². The molecule has 2 rings (SSSR count). The minimum absolute atomic E-state index is 0.495. The van der Waals surface area contributed by atoms with Crippen molar-refractivity contribution in [2.75, 3.05) is 17.7 Å². The van der Waals surface area contributed by atoms with E-state index >= 15 is 0 Å². The molecule has 0 saturated carbocycles. The quantitative estimate of drug-likeness (QED) is 0.810. The van der Waals surface area contributed by atoms with Crippen molar-refractivity contribution in [3.63, 3.8) is 0 Å². The molecule has 1 aromatic carbocycles. The van der Waals surface area contributed by atoms with Gasteiger partial charge in [-0.05, 0) is 32.9 Å². The third kappa shape index (κ3) is 2.99. The topological polar surface area (TPSA) is 73.3 Å². The van der Waals surface area contributed by atoms with Crippen molar-refractivity contribution in [2.24, 2.45) is 0 Å². The van der Waals surface area contributed by atoms with Gasteiger partial charge in [-0.2, -0.15) is 0 Å². The second-order valence-corrected chi connectivity index (χ2v) is 4.25. The highest BCUT2D eigenvalue weighted by Crippen LogP contribution is 2.29. The molecule has 0 unspecified atom stereocenters. The van der Waals surface area contributed by atoms with E-state index in [-0.39, 0.29) is 0 Å². The minimum atomic E-state index is 0.495. The van der Waals surface area contributed by atoms with Gasteiger partial charge < -0.3 is 20.2 Å². The van der Waals surface area contributed by atoms with Crippen LogP contribution in [0, 0.1) is 13.8 Å². The van der Waals surface area contributed by atoms with Crippen LogP contribution in [0.25, 0.3) is 0 Å². The monoisotopic (exact) mass is 261 g/mol. The highest BCUT2D eigenvalue weighted by Gasteiger charge is 2.08. The third-order valence-corrected chi connectivity index (χ3v) is 2.87. The van der Waals surface area contributed by atoms with Gasteiger partial charge in [0.15, 0.2) is 0 Å². The number of benzene rings is 1. The first-order valence-corrected chi connectivity index (χ1v) is 6.30. The standard InChI is InChI=1S/C14H19N3O2/c1-4-18-12-7-5-6-11(14(12)15)16-8-13-17-9(2)10(3)19-13/h5-7,16H,4,8,15H2,1-3H3. The van der Waals surface area contributed by atoms with Crippen molar-refractivity contribution < 1.29 is 9.15 Å². The van der Waals surface area contributed by atoms with Crippen molar-refractivity contribution in [1.82, 2.24) is 4.98 Å². The summed E-state index contributed by atoms with van der Waals surface area (Å²) in [5.41, 5.74) is 8.36. The van der Waals surface area contributed by atoms with E-state index in [4.69, 9.17) is 14.9 Å². The van der Waals surface area contributed by atoms with Crippen molar-refractivity contribution in [3.8, 4) is 5.75 Å². The SMILES string of the molecule is CCOc1cccc(NCc2nc(C)c(C)o2)c1N. The van der Waals surface area contributed by atoms with Crippen molar-refractivity contribution in [1.29, 1.82) is 0 Å². The van der Waals surface area contributed by atoms with Gasteiger partial charge in [0, 0.05) is 0 Å². The molecule has 1 aromatic heterocycles. The van der Waals surface area contributed by atoms with Gasteiger partial charge in [0.2, 0.25) is 5.89 Å². The van der Waals surface area contributed by atoms with Gasteiger partial charge in [0.1, 0.15) is 11.5 Å². The van der Waals surface area contributed by atoms with Gasteiger partial charge in [-0.15, -0.1) is 0 Å². The summed E-state index contributed by atoms with van der Waals surface area (Å²) in [4.78, 5) is 4.31. The molecular formula is C14H19N3O2. The molecule has 19 heavy (non-hydrogen) atoms.